The molecule has 1 N–H and O–H groups in total. The standard InChI is InChI=1S/C23H23NO3/c1-17-8-10-19(11-9-17)23(18-6-4-3-5-7-18)24-22(25)16-27-21-14-12-20(26-2)13-15-21/h3-15,23H,16H2,1-2H3,(H,24,25)/t23-/m0/s1. The third-order valence-electron chi connectivity index (χ3n) is 4.28. The maximum atomic E-state index is 12.5. The highest BCUT2D eigenvalue weighted by Gasteiger charge is 2.17. The predicted octanol–water partition coefficient (Wildman–Crippen LogP) is 4.29. The SMILES string of the molecule is COc1ccc(OCC(=O)N[C@@H](c2ccccc2)c2ccc(C)cc2)cc1. The lowest BCUT2D eigenvalue weighted by Crippen LogP contribution is -2.33. The average molecular weight is 361 g/mol. The Kier molecular flexibility index (Phi) is 6.10. The molecule has 3 aromatic rings. The number of carbonyl (C=O) groups is 1. The average Bonchev–Trinajstić information content (AvgIpc) is 2.72. The summed E-state index contributed by atoms with van der Waals surface area (Å²) in [6, 6.07) is 25.0. The van der Waals surface area contributed by atoms with Gasteiger partial charge in [0.05, 0.1) is 13.2 Å². The largest absolute Gasteiger partial charge is 0.497 e. The quantitative estimate of drug-likeness (QED) is 0.683. The van der Waals surface area contributed by atoms with Gasteiger partial charge >= 0.3 is 0 Å². The molecular formula is C23H23NO3. The summed E-state index contributed by atoms with van der Waals surface area (Å²) in [6.07, 6.45) is 0. The molecule has 4 nitrogen and oxygen atoms in total. The molecule has 0 unspecified atom stereocenters. The van der Waals surface area contributed by atoms with Gasteiger partial charge in [-0.25, -0.2) is 0 Å². The van der Waals surface area contributed by atoms with E-state index in [9.17, 15) is 4.79 Å². The maximum absolute atomic E-state index is 12.5. The van der Waals surface area contributed by atoms with Crippen molar-refractivity contribution < 1.29 is 14.3 Å². The Bertz CT molecular complexity index is 858. The van der Waals surface area contributed by atoms with Crippen LogP contribution in [-0.4, -0.2) is 19.6 Å². The van der Waals surface area contributed by atoms with Crippen LogP contribution in [0, 0.1) is 6.92 Å². The number of benzene rings is 3. The van der Waals surface area contributed by atoms with Crippen LogP contribution in [0.15, 0.2) is 78.9 Å². The van der Waals surface area contributed by atoms with Crippen molar-refractivity contribution in [2.75, 3.05) is 13.7 Å². The number of aryl methyl sites for hydroxylation is 1. The van der Waals surface area contributed by atoms with Crippen LogP contribution in [0.5, 0.6) is 11.5 Å². The summed E-state index contributed by atoms with van der Waals surface area (Å²) >= 11 is 0. The minimum absolute atomic E-state index is 0.0540. The Labute approximate surface area is 159 Å². The molecule has 27 heavy (non-hydrogen) atoms. The van der Waals surface area contributed by atoms with Crippen molar-refractivity contribution in [3.63, 3.8) is 0 Å². The number of ether oxygens (including phenoxy) is 2. The molecule has 0 heterocycles. The molecular weight excluding hydrogens is 338 g/mol. The molecule has 0 saturated heterocycles. The first-order chi connectivity index (χ1) is 13.2. The summed E-state index contributed by atoms with van der Waals surface area (Å²) in [7, 11) is 1.61. The van der Waals surface area contributed by atoms with Gasteiger partial charge in [-0.15, -0.1) is 0 Å². The van der Waals surface area contributed by atoms with Crippen LogP contribution in [0.1, 0.15) is 22.7 Å². The zero-order chi connectivity index (χ0) is 19.1. The van der Waals surface area contributed by atoms with Crippen LogP contribution in [0.4, 0.5) is 0 Å². The number of amides is 1. The number of methoxy groups -OCH3 is 1. The molecule has 0 aliphatic heterocycles. The molecule has 0 aliphatic carbocycles. The molecule has 138 valence electrons. The zero-order valence-corrected chi connectivity index (χ0v) is 15.5. The molecule has 0 aromatic heterocycles. The molecule has 0 spiro atoms. The van der Waals surface area contributed by atoms with Gasteiger partial charge in [0.2, 0.25) is 0 Å². The number of hydrogen-bond acceptors (Lipinski definition) is 3. The first-order valence-electron chi connectivity index (χ1n) is 8.83. The first kappa shape index (κ1) is 18.5. The van der Waals surface area contributed by atoms with Gasteiger partial charge in [-0.05, 0) is 42.3 Å². The van der Waals surface area contributed by atoms with Crippen LogP contribution in [0.3, 0.4) is 0 Å². The lowest BCUT2D eigenvalue weighted by molar-refractivity contribution is -0.123. The minimum Gasteiger partial charge on any atom is -0.497 e. The highest BCUT2D eigenvalue weighted by molar-refractivity contribution is 5.78. The van der Waals surface area contributed by atoms with E-state index in [1.165, 1.54) is 5.56 Å². The lowest BCUT2D eigenvalue weighted by Gasteiger charge is -2.20. The minimum atomic E-state index is -0.223. The van der Waals surface area contributed by atoms with E-state index in [-0.39, 0.29) is 18.6 Å². The Morgan fingerprint density at radius 2 is 1.44 bits per heavy atom. The second-order valence-electron chi connectivity index (χ2n) is 6.29. The third kappa shape index (κ3) is 5.11. The maximum Gasteiger partial charge on any atom is 0.258 e. The molecule has 3 rings (SSSR count). The van der Waals surface area contributed by atoms with Gasteiger partial charge < -0.3 is 14.8 Å². The van der Waals surface area contributed by atoms with Crippen molar-refractivity contribution in [2.45, 2.75) is 13.0 Å². The van der Waals surface area contributed by atoms with Gasteiger partial charge in [-0.2, -0.15) is 0 Å². The summed E-state index contributed by atoms with van der Waals surface area (Å²) in [6.45, 7) is 1.99. The van der Waals surface area contributed by atoms with E-state index in [2.05, 4.69) is 5.32 Å². The first-order valence-corrected chi connectivity index (χ1v) is 8.83. The molecule has 0 radical (unpaired) electrons. The zero-order valence-electron chi connectivity index (χ0n) is 15.5. The van der Waals surface area contributed by atoms with E-state index in [0.29, 0.717) is 5.75 Å². The summed E-state index contributed by atoms with van der Waals surface area (Å²) in [5.41, 5.74) is 3.24. The van der Waals surface area contributed by atoms with Gasteiger partial charge in [0.25, 0.3) is 5.91 Å². The third-order valence-corrected chi connectivity index (χ3v) is 4.28. The van der Waals surface area contributed by atoms with E-state index in [4.69, 9.17) is 9.47 Å². The van der Waals surface area contributed by atoms with Gasteiger partial charge in [0, 0.05) is 0 Å². The Hall–Kier alpha value is -3.27. The number of nitrogens with one attached hydrogen (secondary N) is 1. The van der Waals surface area contributed by atoms with Crippen LogP contribution in [-0.2, 0) is 4.79 Å². The number of hydrogen-bond donors (Lipinski definition) is 1. The van der Waals surface area contributed by atoms with Crippen molar-refractivity contribution in [1.82, 2.24) is 5.32 Å². The highest BCUT2D eigenvalue weighted by atomic mass is 16.5. The van der Waals surface area contributed by atoms with Crippen molar-refractivity contribution in [3.8, 4) is 11.5 Å². The molecule has 0 aliphatic rings. The Morgan fingerprint density at radius 1 is 0.852 bits per heavy atom. The summed E-state index contributed by atoms with van der Waals surface area (Å²) in [4.78, 5) is 12.5. The number of carbonyl (C=O) groups excluding carboxylic acids is 1. The fourth-order valence-corrected chi connectivity index (χ4v) is 2.79. The van der Waals surface area contributed by atoms with Crippen molar-refractivity contribution >= 4 is 5.91 Å². The smallest absolute Gasteiger partial charge is 0.258 e. The highest BCUT2D eigenvalue weighted by Crippen LogP contribution is 2.22. The van der Waals surface area contributed by atoms with Crippen molar-refractivity contribution in [2.24, 2.45) is 0 Å². The van der Waals surface area contributed by atoms with Crippen LogP contribution in [0.25, 0.3) is 0 Å². The topological polar surface area (TPSA) is 47.6 Å². The van der Waals surface area contributed by atoms with E-state index in [0.717, 1.165) is 16.9 Å². The number of rotatable bonds is 7. The van der Waals surface area contributed by atoms with Crippen molar-refractivity contribution in [3.05, 3.63) is 95.6 Å². The fraction of sp³-hybridized carbons (Fsp3) is 0.174. The van der Waals surface area contributed by atoms with Crippen molar-refractivity contribution in [1.29, 1.82) is 0 Å². The van der Waals surface area contributed by atoms with Crippen LogP contribution >= 0.6 is 0 Å². The second kappa shape index (κ2) is 8.90. The molecule has 0 fully saturated rings. The molecule has 0 bridgehead atoms. The second-order valence-corrected chi connectivity index (χ2v) is 6.29. The lowest BCUT2D eigenvalue weighted by atomic mass is 9.98. The van der Waals surface area contributed by atoms with Gasteiger partial charge in [-0.1, -0.05) is 60.2 Å². The predicted molar refractivity (Wildman–Crippen MR) is 106 cm³/mol. The van der Waals surface area contributed by atoms with E-state index >= 15 is 0 Å². The van der Waals surface area contributed by atoms with E-state index in [1.807, 2.05) is 61.5 Å². The van der Waals surface area contributed by atoms with Gasteiger partial charge in [0.1, 0.15) is 11.5 Å². The fourth-order valence-electron chi connectivity index (χ4n) is 2.79. The summed E-state index contributed by atoms with van der Waals surface area (Å²) in [5, 5.41) is 3.07. The normalized spacial score (nSPS) is 11.5. The van der Waals surface area contributed by atoms with E-state index < -0.39 is 0 Å². The molecule has 1 amide bonds. The molecule has 4 heteroatoms. The van der Waals surface area contributed by atoms with Crippen LogP contribution < -0.4 is 14.8 Å². The van der Waals surface area contributed by atoms with E-state index in [1.54, 1.807) is 31.4 Å². The summed E-state index contributed by atoms with van der Waals surface area (Å²) < 4.78 is 10.7. The van der Waals surface area contributed by atoms with Gasteiger partial charge in [-0.3, -0.25) is 4.79 Å². The summed E-state index contributed by atoms with van der Waals surface area (Å²) in [5.74, 6) is 1.19. The molecule has 0 saturated carbocycles. The monoisotopic (exact) mass is 361 g/mol. The molecule has 1 atom stereocenters. The molecule has 3 aromatic carbocycles. The van der Waals surface area contributed by atoms with Gasteiger partial charge in [0.15, 0.2) is 6.61 Å². The van der Waals surface area contributed by atoms with Crippen LogP contribution in [0.2, 0.25) is 0 Å². The Morgan fingerprint density at radius 3 is 2.07 bits per heavy atom. The Balaban J connectivity index is 1.69.